The second-order valence-electron chi connectivity index (χ2n) is 6.30. The molecular formula is C19H33IN4O. The standard InChI is InChI=1S/C19H32N4O.HI/c1-5-7-18(24)23-17-10-8-16(9-11-17)14-22-19(20-6-2)21-13-12-15(3)4;/h8-11,15H,5-7,12-14H2,1-4H3,(H,23,24)(H2,20,21,22);1H. The Morgan fingerprint density at radius 1 is 1.12 bits per heavy atom. The maximum atomic E-state index is 11.6. The lowest BCUT2D eigenvalue weighted by atomic mass is 10.1. The van der Waals surface area contributed by atoms with Gasteiger partial charge >= 0.3 is 0 Å². The third-order valence-corrected chi connectivity index (χ3v) is 3.49. The van der Waals surface area contributed by atoms with Gasteiger partial charge in [0, 0.05) is 25.2 Å². The number of amides is 1. The SMILES string of the molecule is CCCC(=O)Nc1ccc(CN=C(NCC)NCCC(C)C)cc1.I. The number of halogens is 1. The molecule has 0 atom stereocenters. The Hall–Kier alpha value is -1.31. The molecule has 0 bridgehead atoms. The molecule has 5 nitrogen and oxygen atoms in total. The van der Waals surface area contributed by atoms with Gasteiger partial charge < -0.3 is 16.0 Å². The summed E-state index contributed by atoms with van der Waals surface area (Å²) in [6.45, 7) is 10.9. The summed E-state index contributed by atoms with van der Waals surface area (Å²) in [5.74, 6) is 1.58. The van der Waals surface area contributed by atoms with Crippen molar-refractivity contribution in [3.8, 4) is 0 Å². The molecule has 25 heavy (non-hydrogen) atoms. The number of aliphatic imine (C=N–C) groups is 1. The summed E-state index contributed by atoms with van der Waals surface area (Å²) in [5.41, 5.74) is 1.95. The van der Waals surface area contributed by atoms with Crippen molar-refractivity contribution in [1.29, 1.82) is 0 Å². The van der Waals surface area contributed by atoms with Gasteiger partial charge in [0.1, 0.15) is 0 Å². The fourth-order valence-electron chi connectivity index (χ4n) is 2.14. The van der Waals surface area contributed by atoms with E-state index in [9.17, 15) is 4.79 Å². The van der Waals surface area contributed by atoms with Crippen molar-refractivity contribution in [1.82, 2.24) is 10.6 Å². The van der Waals surface area contributed by atoms with E-state index >= 15 is 0 Å². The highest BCUT2D eigenvalue weighted by Gasteiger charge is 2.02. The number of carbonyl (C=O) groups is 1. The Labute approximate surface area is 169 Å². The summed E-state index contributed by atoms with van der Waals surface area (Å²) in [5, 5.41) is 9.51. The molecule has 1 aromatic carbocycles. The topological polar surface area (TPSA) is 65.5 Å². The Kier molecular flexibility index (Phi) is 13.2. The Morgan fingerprint density at radius 3 is 2.36 bits per heavy atom. The van der Waals surface area contributed by atoms with E-state index in [-0.39, 0.29) is 29.9 Å². The molecule has 0 aliphatic heterocycles. The van der Waals surface area contributed by atoms with Crippen LogP contribution >= 0.6 is 24.0 Å². The molecule has 1 rings (SSSR count). The third kappa shape index (κ3) is 11.0. The smallest absolute Gasteiger partial charge is 0.224 e. The lowest BCUT2D eigenvalue weighted by Crippen LogP contribution is -2.38. The number of hydrogen-bond donors (Lipinski definition) is 3. The summed E-state index contributed by atoms with van der Waals surface area (Å²) < 4.78 is 0. The van der Waals surface area contributed by atoms with Crippen LogP contribution < -0.4 is 16.0 Å². The Bertz CT molecular complexity index is 515. The average molecular weight is 460 g/mol. The third-order valence-electron chi connectivity index (χ3n) is 3.49. The molecule has 0 unspecified atom stereocenters. The second kappa shape index (κ2) is 13.9. The van der Waals surface area contributed by atoms with Crippen LogP contribution in [0.15, 0.2) is 29.3 Å². The first-order valence-corrected chi connectivity index (χ1v) is 8.96. The van der Waals surface area contributed by atoms with E-state index in [1.165, 1.54) is 0 Å². The van der Waals surface area contributed by atoms with Crippen molar-refractivity contribution in [2.24, 2.45) is 10.9 Å². The van der Waals surface area contributed by atoms with Crippen LogP contribution in [0.4, 0.5) is 5.69 Å². The number of anilines is 1. The van der Waals surface area contributed by atoms with Crippen molar-refractivity contribution in [3.63, 3.8) is 0 Å². The molecular weight excluding hydrogens is 427 g/mol. The van der Waals surface area contributed by atoms with Gasteiger partial charge in [0.25, 0.3) is 0 Å². The molecule has 1 amide bonds. The molecule has 6 heteroatoms. The van der Waals surface area contributed by atoms with Gasteiger partial charge in [0.2, 0.25) is 5.91 Å². The predicted molar refractivity (Wildman–Crippen MR) is 118 cm³/mol. The Morgan fingerprint density at radius 2 is 1.80 bits per heavy atom. The minimum atomic E-state index is 0. The number of nitrogens with one attached hydrogen (secondary N) is 3. The van der Waals surface area contributed by atoms with Gasteiger partial charge in [-0.3, -0.25) is 4.79 Å². The maximum absolute atomic E-state index is 11.6. The second-order valence-corrected chi connectivity index (χ2v) is 6.30. The first-order chi connectivity index (χ1) is 11.5. The zero-order valence-electron chi connectivity index (χ0n) is 15.9. The molecule has 142 valence electrons. The Balaban J connectivity index is 0.00000576. The van der Waals surface area contributed by atoms with Crippen LogP contribution in [0, 0.1) is 5.92 Å². The van der Waals surface area contributed by atoms with E-state index in [2.05, 4.69) is 41.7 Å². The van der Waals surface area contributed by atoms with Crippen LogP contribution in [0.1, 0.15) is 52.5 Å². The van der Waals surface area contributed by atoms with E-state index < -0.39 is 0 Å². The minimum Gasteiger partial charge on any atom is -0.357 e. The van der Waals surface area contributed by atoms with E-state index in [4.69, 9.17) is 0 Å². The highest BCUT2D eigenvalue weighted by Crippen LogP contribution is 2.11. The first-order valence-electron chi connectivity index (χ1n) is 8.96. The van der Waals surface area contributed by atoms with Crippen molar-refractivity contribution < 1.29 is 4.79 Å². The molecule has 0 aliphatic rings. The van der Waals surface area contributed by atoms with Crippen molar-refractivity contribution >= 4 is 41.5 Å². The summed E-state index contributed by atoms with van der Waals surface area (Å²) in [6.07, 6.45) is 2.53. The van der Waals surface area contributed by atoms with Gasteiger partial charge in [-0.1, -0.05) is 32.9 Å². The fraction of sp³-hybridized carbons (Fsp3) is 0.579. The van der Waals surface area contributed by atoms with Gasteiger partial charge in [0.15, 0.2) is 5.96 Å². The molecule has 0 saturated carbocycles. The largest absolute Gasteiger partial charge is 0.357 e. The molecule has 0 spiro atoms. The minimum absolute atomic E-state index is 0. The van der Waals surface area contributed by atoms with Gasteiger partial charge in [-0.05, 0) is 43.4 Å². The molecule has 0 fully saturated rings. The van der Waals surface area contributed by atoms with Crippen molar-refractivity contribution in [3.05, 3.63) is 29.8 Å². The quantitative estimate of drug-likeness (QED) is 0.295. The van der Waals surface area contributed by atoms with E-state index in [0.717, 1.165) is 43.1 Å². The lowest BCUT2D eigenvalue weighted by molar-refractivity contribution is -0.116. The van der Waals surface area contributed by atoms with Crippen LogP contribution in [0.5, 0.6) is 0 Å². The van der Waals surface area contributed by atoms with Crippen LogP contribution in [0.2, 0.25) is 0 Å². The van der Waals surface area contributed by atoms with Crippen LogP contribution in [0.3, 0.4) is 0 Å². The van der Waals surface area contributed by atoms with E-state index in [1.807, 2.05) is 31.2 Å². The van der Waals surface area contributed by atoms with Gasteiger partial charge in [-0.15, -0.1) is 24.0 Å². The summed E-state index contributed by atoms with van der Waals surface area (Å²) in [6, 6.07) is 7.86. The summed E-state index contributed by atoms with van der Waals surface area (Å²) in [7, 11) is 0. The van der Waals surface area contributed by atoms with Crippen LogP contribution in [-0.2, 0) is 11.3 Å². The van der Waals surface area contributed by atoms with E-state index in [0.29, 0.717) is 18.9 Å². The maximum Gasteiger partial charge on any atom is 0.224 e. The number of carbonyl (C=O) groups excluding carboxylic acids is 1. The number of rotatable bonds is 9. The van der Waals surface area contributed by atoms with Gasteiger partial charge in [-0.25, -0.2) is 4.99 Å². The number of hydrogen-bond acceptors (Lipinski definition) is 2. The predicted octanol–water partition coefficient (Wildman–Crippen LogP) is 4.14. The summed E-state index contributed by atoms with van der Waals surface area (Å²) >= 11 is 0. The number of guanidine groups is 1. The van der Waals surface area contributed by atoms with Crippen LogP contribution in [0.25, 0.3) is 0 Å². The number of benzene rings is 1. The number of nitrogens with zero attached hydrogens (tertiary/aromatic N) is 1. The molecule has 0 radical (unpaired) electrons. The highest BCUT2D eigenvalue weighted by atomic mass is 127. The monoisotopic (exact) mass is 460 g/mol. The molecule has 0 heterocycles. The lowest BCUT2D eigenvalue weighted by Gasteiger charge is -2.12. The zero-order valence-corrected chi connectivity index (χ0v) is 18.2. The fourth-order valence-corrected chi connectivity index (χ4v) is 2.14. The average Bonchev–Trinajstić information content (AvgIpc) is 2.54. The zero-order chi connectivity index (χ0) is 17.8. The van der Waals surface area contributed by atoms with Crippen molar-refractivity contribution in [2.45, 2.75) is 53.5 Å². The molecule has 3 N–H and O–H groups in total. The normalized spacial score (nSPS) is 11.0. The first kappa shape index (κ1) is 23.7. The summed E-state index contributed by atoms with van der Waals surface area (Å²) in [4.78, 5) is 16.2. The van der Waals surface area contributed by atoms with Gasteiger partial charge in [-0.2, -0.15) is 0 Å². The van der Waals surface area contributed by atoms with Crippen LogP contribution in [-0.4, -0.2) is 25.0 Å². The molecule has 0 saturated heterocycles. The van der Waals surface area contributed by atoms with E-state index in [1.54, 1.807) is 0 Å². The molecule has 0 aromatic heterocycles. The highest BCUT2D eigenvalue weighted by molar-refractivity contribution is 14.0. The van der Waals surface area contributed by atoms with Crippen molar-refractivity contribution in [2.75, 3.05) is 18.4 Å². The molecule has 0 aliphatic carbocycles. The molecule has 1 aromatic rings. The van der Waals surface area contributed by atoms with Gasteiger partial charge in [0.05, 0.1) is 6.54 Å².